The number of piperidine rings is 2. The maximum absolute atomic E-state index is 12.5. The molecule has 5 unspecified atom stereocenters. The van der Waals surface area contributed by atoms with E-state index in [9.17, 15) is 4.79 Å². The van der Waals surface area contributed by atoms with Gasteiger partial charge in [0.2, 0.25) is 0 Å². The zero-order chi connectivity index (χ0) is 20.5. The molecule has 0 aliphatic carbocycles. The van der Waals surface area contributed by atoms with Crippen LogP contribution in [0.15, 0.2) is 30.0 Å². The predicted molar refractivity (Wildman–Crippen MR) is 112 cm³/mol. The Labute approximate surface area is 173 Å². The molecule has 0 aromatic heterocycles. The van der Waals surface area contributed by atoms with Crippen LogP contribution in [0.1, 0.15) is 37.7 Å². The van der Waals surface area contributed by atoms with Gasteiger partial charge in [0.15, 0.2) is 0 Å². The van der Waals surface area contributed by atoms with E-state index in [2.05, 4.69) is 29.3 Å². The molecular formula is C23H32N2O4. The summed E-state index contributed by atoms with van der Waals surface area (Å²) in [7, 11) is 4.79. The second-order valence-electron chi connectivity index (χ2n) is 8.36. The van der Waals surface area contributed by atoms with Gasteiger partial charge in [-0.3, -0.25) is 4.90 Å². The van der Waals surface area contributed by atoms with E-state index in [0.29, 0.717) is 29.5 Å². The lowest BCUT2D eigenvalue weighted by Gasteiger charge is -2.50. The number of hydrogen-bond acceptors (Lipinski definition) is 6. The van der Waals surface area contributed by atoms with E-state index in [4.69, 9.17) is 14.2 Å². The zero-order valence-electron chi connectivity index (χ0n) is 17.8. The molecule has 29 heavy (non-hydrogen) atoms. The molecule has 1 aromatic carbocycles. The molecule has 158 valence electrons. The Kier molecular flexibility index (Phi) is 5.72. The number of nitrogens with one attached hydrogen (secondary N) is 1. The maximum Gasteiger partial charge on any atom is 0.337 e. The average Bonchev–Trinajstić information content (AvgIpc) is 3.15. The predicted octanol–water partition coefficient (Wildman–Crippen LogP) is 3.40. The first kappa shape index (κ1) is 20.1. The highest BCUT2D eigenvalue weighted by Crippen LogP contribution is 2.50. The van der Waals surface area contributed by atoms with E-state index >= 15 is 0 Å². The van der Waals surface area contributed by atoms with Crippen LogP contribution >= 0.6 is 0 Å². The van der Waals surface area contributed by atoms with Gasteiger partial charge in [-0.25, -0.2) is 4.79 Å². The van der Waals surface area contributed by atoms with E-state index in [1.807, 2.05) is 6.07 Å². The topological polar surface area (TPSA) is 60.0 Å². The van der Waals surface area contributed by atoms with Gasteiger partial charge in [0, 0.05) is 35.8 Å². The highest BCUT2D eigenvalue weighted by Gasteiger charge is 2.49. The van der Waals surface area contributed by atoms with Gasteiger partial charge >= 0.3 is 5.97 Å². The number of fused-ring (bicyclic) bond motifs is 5. The molecule has 3 heterocycles. The summed E-state index contributed by atoms with van der Waals surface area (Å²) in [4.78, 5) is 15.1. The van der Waals surface area contributed by atoms with Gasteiger partial charge in [-0.2, -0.15) is 0 Å². The van der Waals surface area contributed by atoms with Gasteiger partial charge in [-0.1, -0.05) is 19.4 Å². The molecule has 3 aliphatic heterocycles. The average molecular weight is 401 g/mol. The van der Waals surface area contributed by atoms with Gasteiger partial charge in [0.05, 0.1) is 33.2 Å². The Balaban J connectivity index is 1.64. The number of anilines is 1. The third kappa shape index (κ3) is 3.37. The van der Waals surface area contributed by atoms with Crippen LogP contribution in [0.25, 0.3) is 0 Å². The molecule has 2 fully saturated rings. The van der Waals surface area contributed by atoms with Crippen molar-refractivity contribution in [3.8, 4) is 5.75 Å². The lowest BCUT2D eigenvalue weighted by molar-refractivity contribution is -0.137. The van der Waals surface area contributed by atoms with Crippen molar-refractivity contribution in [2.24, 2.45) is 11.8 Å². The molecule has 6 heteroatoms. The summed E-state index contributed by atoms with van der Waals surface area (Å²) in [6.07, 6.45) is 4.67. The molecule has 0 radical (unpaired) electrons. The van der Waals surface area contributed by atoms with E-state index in [1.165, 1.54) is 18.4 Å². The van der Waals surface area contributed by atoms with Gasteiger partial charge in [0.25, 0.3) is 0 Å². The molecule has 4 rings (SSSR count). The second-order valence-corrected chi connectivity index (χ2v) is 8.36. The van der Waals surface area contributed by atoms with Crippen LogP contribution in [0, 0.1) is 11.8 Å². The van der Waals surface area contributed by atoms with Crippen LogP contribution < -0.4 is 10.1 Å². The number of hydrogen-bond donors (Lipinski definition) is 1. The van der Waals surface area contributed by atoms with E-state index in [0.717, 1.165) is 38.1 Å². The number of carbonyl (C=O) groups is 1. The molecular weight excluding hydrogens is 368 g/mol. The first-order valence-electron chi connectivity index (χ1n) is 10.6. The maximum atomic E-state index is 12.5. The zero-order valence-corrected chi connectivity index (χ0v) is 17.8. The molecule has 6 nitrogen and oxygen atoms in total. The summed E-state index contributed by atoms with van der Waals surface area (Å²) in [5.74, 6) is 1.69. The molecule has 0 spiro atoms. The van der Waals surface area contributed by atoms with Gasteiger partial charge in [-0.05, 0) is 43.4 Å². The fraction of sp³-hybridized carbons (Fsp3) is 0.609. The van der Waals surface area contributed by atoms with Crippen molar-refractivity contribution in [3.63, 3.8) is 0 Å². The molecule has 5 atom stereocenters. The van der Waals surface area contributed by atoms with Crippen molar-refractivity contribution < 1.29 is 19.0 Å². The summed E-state index contributed by atoms with van der Waals surface area (Å²) >= 11 is 0. The third-order valence-corrected chi connectivity index (χ3v) is 7.15. The van der Waals surface area contributed by atoms with Crippen LogP contribution in [-0.4, -0.2) is 57.4 Å². The Hall–Kier alpha value is -2.21. The number of esters is 1. The van der Waals surface area contributed by atoms with Crippen molar-refractivity contribution in [1.29, 1.82) is 0 Å². The third-order valence-electron chi connectivity index (χ3n) is 7.15. The Morgan fingerprint density at radius 1 is 1.31 bits per heavy atom. The van der Waals surface area contributed by atoms with Crippen molar-refractivity contribution >= 4 is 11.7 Å². The van der Waals surface area contributed by atoms with Crippen molar-refractivity contribution in [3.05, 3.63) is 35.6 Å². The largest absolute Gasteiger partial charge is 0.504 e. The number of rotatable bonds is 5. The summed E-state index contributed by atoms with van der Waals surface area (Å²) in [6.45, 7) is 4.29. The monoisotopic (exact) mass is 400 g/mol. The Bertz CT molecular complexity index is 793. The van der Waals surface area contributed by atoms with Crippen LogP contribution in [0.3, 0.4) is 0 Å². The fourth-order valence-corrected chi connectivity index (χ4v) is 5.81. The summed E-state index contributed by atoms with van der Waals surface area (Å²) in [5.41, 5.74) is 3.17. The van der Waals surface area contributed by atoms with Crippen molar-refractivity contribution in [2.75, 3.05) is 39.7 Å². The number of carbonyl (C=O) groups excluding carboxylic acids is 1. The van der Waals surface area contributed by atoms with Crippen molar-refractivity contribution in [2.45, 2.75) is 44.2 Å². The van der Waals surface area contributed by atoms with Gasteiger partial charge in [0.1, 0.15) is 5.75 Å². The minimum atomic E-state index is -0.277. The first-order valence-corrected chi connectivity index (χ1v) is 10.6. The smallest absolute Gasteiger partial charge is 0.337 e. The van der Waals surface area contributed by atoms with Crippen LogP contribution in [-0.2, 0) is 14.3 Å². The van der Waals surface area contributed by atoms with Crippen LogP contribution in [0.4, 0.5) is 5.69 Å². The quantitative estimate of drug-likeness (QED) is 0.464. The molecule has 0 bridgehead atoms. The molecule has 0 saturated carbocycles. The minimum Gasteiger partial charge on any atom is -0.504 e. The normalized spacial score (nSPS) is 31.2. The second kappa shape index (κ2) is 8.27. The van der Waals surface area contributed by atoms with E-state index in [1.54, 1.807) is 20.5 Å². The highest BCUT2D eigenvalue weighted by molar-refractivity contribution is 5.88. The van der Waals surface area contributed by atoms with Crippen LogP contribution in [0.5, 0.6) is 5.75 Å². The number of nitrogens with zero attached hydrogens (tertiary/aromatic N) is 1. The molecule has 1 N–H and O–H groups in total. The standard InChI is InChI=1S/C23H32N2O4/c1-5-14-12-25-10-9-15-21-18(7-6-8-20(21)28-3)24-22(15)19(25)11-16(14)17(13-27-2)23(26)29-4/h6-8,13-16,19,22,24H,5,9-12H2,1-4H3/b17-13+. The number of benzene rings is 1. The van der Waals surface area contributed by atoms with Crippen LogP contribution in [0.2, 0.25) is 0 Å². The highest BCUT2D eigenvalue weighted by atomic mass is 16.5. The van der Waals surface area contributed by atoms with Crippen molar-refractivity contribution in [1.82, 2.24) is 4.90 Å². The number of methoxy groups -OCH3 is 3. The fourth-order valence-electron chi connectivity index (χ4n) is 5.81. The molecule has 2 saturated heterocycles. The number of ether oxygens (including phenoxy) is 3. The van der Waals surface area contributed by atoms with E-state index in [-0.39, 0.29) is 11.9 Å². The Morgan fingerprint density at radius 2 is 2.14 bits per heavy atom. The molecule has 3 aliphatic rings. The molecule has 0 amide bonds. The van der Waals surface area contributed by atoms with E-state index < -0.39 is 0 Å². The lowest BCUT2D eigenvalue weighted by Crippen LogP contribution is -2.58. The Morgan fingerprint density at radius 3 is 2.83 bits per heavy atom. The van der Waals surface area contributed by atoms with Gasteiger partial charge < -0.3 is 19.5 Å². The minimum absolute atomic E-state index is 0.139. The van der Waals surface area contributed by atoms with Gasteiger partial charge in [-0.15, -0.1) is 0 Å². The lowest BCUT2D eigenvalue weighted by atomic mass is 9.71. The SMILES string of the molecule is CCC1CN2CCC3c4c(cccc4OC)NC3C2CC1/C(=C\OC)C(=O)OC. The summed E-state index contributed by atoms with van der Waals surface area (Å²) in [5, 5.41) is 3.79. The molecule has 1 aromatic rings. The summed E-state index contributed by atoms with van der Waals surface area (Å²) < 4.78 is 16.0. The first-order chi connectivity index (χ1) is 14.1. The summed E-state index contributed by atoms with van der Waals surface area (Å²) in [6, 6.07) is 6.96.